The molecule has 1 aromatic rings. The summed E-state index contributed by atoms with van der Waals surface area (Å²) in [6.07, 6.45) is 0.438. The fourth-order valence-corrected chi connectivity index (χ4v) is 4.41. The highest BCUT2D eigenvalue weighted by Gasteiger charge is 2.33. The number of urea groups is 1. The smallest absolute Gasteiger partial charge is 0.321 e. The monoisotopic (exact) mass is 362 g/mol. The van der Waals surface area contributed by atoms with Gasteiger partial charge >= 0.3 is 6.03 Å². The van der Waals surface area contributed by atoms with Gasteiger partial charge in [0.05, 0.1) is 36.4 Å². The first-order chi connectivity index (χ1) is 10.8. The zero-order valence-electron chi connectivity index (χ0n) is 13.1. The van der Waals surface area contributed by atoms with Crippen molar-refractivity contribution in [3.63, 3.8) is 0 Å². The van der Waals surface area contributed by atoms with Crippen LogP contribution in [0.3, 0.4) is 0 Å². The summed E-state index contributed by atoms with van der Waals surface area (Å²) in [5.41, 5.74) is 0.395. The molecule has 0 aliphatic carbocycles. The van der Waals surface area contributed by atoms with Crippen LogP contribution >= 0.6 is 11.6 Å². The Morgan fingerprint density at radius 3 is 2.48 bits per heavy atom. The van der Waals surface area contributed by atoms with E-state index in [1.54, 1.807) is 13.1 Å². The lowest BCUT2D eigenvalue weighted by molar-refractivity contribution is 0.209. The Hall–Kier alpha value is -1.67. The van der Waals surface area contributed by atoms with E-state index in [0.717, 1.165) is 0 Å². The first-order valence-electron chi connectivity index (χ1n) is 6.93. The number of hydrogen-bond donors (Lipinski definition) is 1. The van der Waals surface area contributed by atoms with Crippen LogP contribution < -0.4 is 14.8 Å². The van der Waals surface area contributed by atoms with Gasteiger partial charge in [-0.1, -0.05) is 11.6 Å². The fraction of sp³-hybridized carbons (Fsp3) is 0.500. The molecule has 0 aromatic heterocycles. The van der Waals surface area contributed by atoms with Gasteiger partial charge in [0.1, 0.15) is 11.5 Å². The average molecular weight is 363 g/mol. The van der Waals surface area contributed by atoms with Gasteiger partial charge in [0.25, 0.3) is 0 Å². The van der Waals surface area contributed by atoms with Gasteiger partial charge in [0.2, 0.25) is 0 Å². The summed E-state index contributed by atoms with van der Waals surface area (Å²) in [5.74, 6) is 0.871. The molecule has 7 nitrogen and oxygen atoms in total. The third-order valence-corrected chi connectivity index (χ3v) is 5.84. The molecule has 0 radical (unpaired) electrons. The molecule has 1 saturated heterocycles. The number of ether oxygens (including phenoxy) is 2. The van der Waals surface area contributed by atoms with Gasteiger partial charge in [-0.2, -0.15) is 0 Å². The molecule has 23 heavy (non-hydrogen) atoms. The van der Waals surface area contributed by atoms with Crippen molar-refractivity contribution in [3.8, 4) is 11.5 Å². The maximum Gasteiger partial charge on any atom is 0.321 e. The highest BCUT2D eigenvalue weighted by molar-refractivity contribution is 7.91. The molecule has 1 aliphatic rings. The van der Waals surface area contributed by atoms with Gasteiger partial charge < -0.3 is 19.7 Å². The summed E-state index contributed by atoms with van der Waals surface area (Å²) in [5, 5.41) is 3.05. The molecule has 2 amide bonds. The van der Waals surface area contributed by atoms with Gasteiger partial charge in [0, 0.05) is 25.2 Å². The number of carbonyl (C=O) groups excluding carboxylic acids is 1. The number of carbonyl (C=O) groups is 1. The first kappa shape index (κ1) is 17.7. The van der Waals surface area contributed by atoms with Gasteiger partial charge in [-0.25, -0.2) is 13.2 Å². The Kier molecular flexibility index (Phi) is 5.26. The Bertz CT molecular complexity index is 707. The van der Waals surface area contributed by atoms with E-state index in [-0.39, 0.29) is 17.5 Å². The Balaban J connectivity index is 2.16. The van der Waals surface area contributed by atoms with Crippen molar-refractivity contribution in [2.75, 3.05) is 38.1 Å². The molecular weight excluding hydrogens is 344 g/mol. The minimum atomic E-state index is -3.06. The number of hydrogen-bond acceptors (Lipinski definition) is 5. The van der Waals surface area contributed by atoms with Crippen LogP contribution in [0.1, 0.15) is 6.42 Å². The van der Waals surface area contributed by atoms with Crippen molar-refractivity contribution in [2.45, 2.75) is 12.5 Å². The van der Waals surface area contributed by atoms with Crippen LogP contribution in [0.2, 0.25) is 5.02 Å². The maximum atomic E-state index is 12.4. The number of benzene rings is 1. The van der Waals surface area contributed by atoms with E-state index < -0.39 is 15.9 Å². The molecule has 0 saturated carbocycles. The van der Waals surface area contributed by atoms with E-state index in [2.05, 4.69) is 5.32 Å². The Labute approximate surface area is 140 Å². The number of nitrogens with zero attached hydrogens (tertiary/aromatic N) is 1. The van der Waals surface area contributed by atoms with Crippen LogP contribution in [0.4, 0.5) is 10.5 Å². The van der Waals surface area contributed by atoms with E-state index in [4.69, 9.17) is 21.1 Å². The van der Waals surface area contributed by atoms with Crippen molar-refractivity contribution in [3.05, 3.63) is 17.2 Å². The number of anilines is 1. The second-order valence-electron chi connectivity index (χ2n) is 5.28. The number of methoxy groups -OCH3 is 2. The standard InChI is InChI=1S/C14H19ClN2O5S/c1-17(9-4-5-23(19,20)8-9)14(18)16-11-7-12(21-2)10(15)6-13(11)22-3/h6-7,9H,4-5,8H2,1-3H3,(H,16,18). The minimum absolute atomic E-state index is 0.0159. The topological polar surface area (TPSA) is 84.9 Å². The fourth-order valence-electron chi connectivity index (χ4n) is 2.41. The van der Waals surface area contributed by atoms with Gasteiger partial charge in [0.15, 0.2) is 9.84 Å². The number of nitrogens with one attached hydrogen (secondary N) is 1. The number of sulfone groups is 1. The molecule has 0 bridgehead atoms. The minimum Gasteiger partial charge on any atom is -0.495 e. The molecule has 1 unspecified atom stereocenters. The molecule has 1 aromatic carbocycles. The second-order valence-corrected chi connectivity index (χ2v) is 7.92. The van der Waals surface area contributed by atoms with Crippen molar-refractivity contribution in [1.82, 2.24) is 4.90 Å². The van der Waals surface area contributed by atoms with Crippen molar-refractivity contribution >= 4 is 33.2 Å². The predicted molar refractivity (Wildman–Crippen MR) is 88.4 cm³/mol. The molecule has 1 heterocycles. The molecule has 9 heteroatoms. The Morgan fingerprint density at radius 2 is 1.96 bits per heavy atom. The quantitative estimate of drug-likeness (QED) is 0.885. The largest absolute Gasteiger partial charge is 0.495 e. The molecule has 1 aliphatic heterocycles. The van der Waals surface area contributed by atoms with Crippen molar-refractivity contribution in [2.24, 2.45) is 0 Å². The summed E-state index contributed by atoms with van der Waals surface area (Å²) in [6, 6.07) is 2.34. The molecule has 2 rings (SSSR count). The van der Waals surface area contributed by atoms with Crippen LogP contribution in [0.15, 0.2) is 12.1 Å². The van der Waals surface area contributed by atoms with Gasteiger partial charge in [-0.05, 0) is 6.42 Å². The van der Waals surface area contributed by atoms with E-state index in [0.29, 0.717) is 28.6 Å². The van der Waals surface area contributed by atoms with Crippen molar-refractivity contribution in [1.29, 1.82) is 0 Å². The average Bonchev–Trinajstić information content (AvgIpc) is 2.87. The summed E-state index contributed by atoms with van der Waals surface area (Å²) >= 11 is 6.02. The number of amides is 2. The SMILES string of the molecule is COc1cc(NC(=O)N(C)C2CCS(=O)(=O)C2)c(OC)cc1Cl. The summed E-state index contributed by atoms with van der Waals surface area (Å²) < 4.78 is 33.4. The summed E-state index contributed by atoms with van der Waals surface area (Å²) in [6.45, 7) is 0. The van der Waals surface area contributed by atoms with E-state index in [1.165, 1.54) is 25.2 Å². The normalized spacial score (nSPS) is 19.2. The van der Waals surface area contributed by atoms with Crippen LogP contribution in [0.5, 0.6) is 11.5 Å². The van der Waals surface area contributed by atoms with Crippen molar-refractivity contribution < 1.29 is 22.7 Å². The molecule has 1 fully saturated rings. The lowest BCUT2D eigenvalue weighted by atomic mass is 10.2. The third kappa shape index (κ3) is 4.00. The van der Waals surface area contributed by atoms with Crippen LogP contribution in [-0.4, -0.2) is 58.2 Å². The Morgan fingerprint density at radius 1 is 1.30 bits per heavy atom. The zero-order valence-corrected chi connectivity index (χ0v) is 14.7. The summed E-state index contributed by atoms with van der Waals surface area (Å²) in [4.78, 5) is 13.7. The highest BCUT2D eigenvalue weighted by Crippen LogP contribution is 2.36. The third-order valence-electron chi connectivity index (χ3n) is 3.79. The number of halogens is 1. The molecule has 0 spiro atoms. The first-order valence-corrected chi connectivity index (χ1v) is 9.13. The second kappa shape index (κ2) is 6.84. The van der Waals surface area contributed by atoms with Gasteiger partial charge in [-0.15, -0.1) is 0 Å². The number of rotatable bonds is 4. The zero-order chi connectivity index (χ0) is 17.2. The lowest BCUT2D eigenvalue weighted by Crippen LogP contribution is -2.40. The molecular formula is C14H19ClN2O5S. The van der Waals surface area contributed by atoms with Crippen LogP contribution in [0.25, 0.3) is 0 Å². The molecule has 1 N–H and O–H groups in total. The highest BCUT2D eigenvalue weighted by atomic mass is 35.5. The molecule has 1 atom stereocenters. The van der Waals surface area contributed by atoms with E-state index in [9.17, 15) is 13.2 Å². The van der Waals surface area contributed by atoms with Crippen LogP contribution in [0, 0.1) is 0 Å². The van der Waals surface area contributed by atoms with E-state index >= 15 is 0 Å². The predicted octanol–water partition coefficient (Wildman–Crippen LogP) is 2.01. The van der Waals surface area contributed by atoms with Gasteiger partial charge in [-0.3, -0.25) is 0 Å². The molecule has 128 valence electrons. The summed E-state index contributed by atoms with van der Waals surface area (Å²) in [7, 11) is 1.44. The lowest BCUT2D eigenvalue weighted by Gasteiger charge is -2.24. The van der Waals surface area contributed by atoms with Crippen LogP contribution in [-0.2, 0) is 9.84 Å². The van der Waals surface area contributed by atoms with E-state index in [1.807, 2.05) is 0 Å². The maximum absolute atomic E-state index is 12.4.